The highest BCUT2D eigenvalue weighted by molar-refractivity contribution is 6.62. The van der Waals surface area contributed by atoms with Crippen LogP contribution in [0.2, 0.25) is 0 Å². The zero-order valence-electron chi connectivity index (χ0n) is 15.1. The van der Waals surface area contributed by atoms with Crippen LogP contribution < -0.4 is 5.46 Å². The van der Waals surface area contributed by atoms with Crippen LogP contribution in [0.25, 0.3) is 0 Å². The molecule has 0 spiro atoms. The van der Waals surface area contributed by atoms with E-state index in [0.29, 0.717) is 0 Å². The van der Waals surface area contributed by atoms with Crippen molar-refractivity contribution in [1.29, 1.82) is 0 Å². The molecule has 2 bridgehead atoms. The average molecular weight is 328 g/mol. The van der Waals surface area contributed by atoms with Crippen LogP contribution in [0.1, 0.15) is 52.5 Å². The molecule has 5 rings (SSSR count). The van der Waals surface area contributed by atoms with E-state index in [4.69, 9.17) is 14.0 Å². The maximum atomic E-state index is 11.8. The van der Waals surface area contributed by atoms with E-state index >= 15 is 0 Å². The van der Waals surface area contributed by atoms with Gasteiger partial charge in [-0.2, -0.15) is 0 Å². The Labute approximate surface area is 144 Å². The Hall–Kier alpha value is -1.33. The monoisotopic (exact) mass is 328 g/mol. The predicted octanol–water partition coefficient (Wildman–Crippen LogP) is 2.58. The van der Waals surface area contributed by atoms with Crippen LogP contribution >= 0.6 is 0 Å². The SMILES string of the molecule is COC(=O)C12CC(c3ccc(B4OC(C)(C)C(C)(C)O4)cc3)(C1)C2. The summed E-state index contributed by atoms with van der Waals surface area (Å²) in [6.07, 6.45) is 2.76. The molecule has 24 heavy (non-hydrogen) atoms. The summed E-state index contributed by atoms with van der Waals surface area (Å²) in [5.74, 6) is -0.0433. The van der Waals surface area contributed by atoms with Gasteiger partial charge in [0.05, 0.1) is 23.7 Å². The van der Waals surface area contributed by atoms with Gasteiger partial charge in [-0.3, -0.25) is 4.79 Å². The molecule has 0 unspecified atom stereocenters. The zero-order valence-corrected chi connectivity index (χ0v) is 15.1. The van der Waals surface area contributed by atoms with Gasteiger partial charge in [-0.1, -0.05) is 24.3 Å². The van der Waals surface area contributed by atoms with Crippen molar-refractivity contribution < 1.29 is 18.8 Å². The van der Waals surface area contributed by atoms with Crippen molar-refractivity contribution in [3.8, 4) is 0 Å². The average Bonchev–Trinajstić information content (AvgIpc) is 2.65. The van der Waals surface area contributed by atoms with Crippen LogP contribution in [0.5, 0.6) is 0 Å². The van der Waals surface area contributed by atoms with Crippen molar-refractivity contribution in [3.05, 3.63) is 29.8 Å². The Morgan fingerprint density at radius 2 is 1.50 bits per heavy atom. The third kappa shape index (κ3) is 1.97. The van der Waals surface area contributed by atoms with Gasteiger partial charge < -0.3 is 14.0 Å². The van der Waals surface area contributed by atoms with Gasteiger partial charge >= 0.3 is 13.1 Å². The second kappa shape index (κ2) is 4.64. The minimum absolute atomic E-state index is 0.0433. The van der Waals surface area contributed by atoms with E-state index in [1.807, 2.05) is 0 Å². The zero-order chi connectivity index (χ0) is 17.4. The number of carbonyl (C=O) groups is 1. The fraction of sp³-hybridized carbons (Fsp3) is 0.632. The molecule has 1 saturated heterocycles. The van der Waals surface area contributed by atoms with E-state index in [0.717, 1.165) is 24.7 Å². The first-order valence-electron chi connectivity index (χ1n) is 8.68. The Morgan fingerprint density at radius 1 is 1.00 bits per heavy atom. The van der Waals surface area contributed by atoms with E-state index in [9.17, 15) is 4.79 Å². The highest BCUT2D eigenvalue weighted by Gasteiger charge is 2.72. The van der Waals surface area contributed by atoms with Crippen LogP contribution in [0.3, 0.4) is 0 Å². The lowest BCUT2D eigenvalue weighted by atomic mass is 9.33. The maximum Gasteiger partial charge on any atom is 0.494 e. The molecule has 3 aliphatic carbocycles. The topological polar surface area (TPSA) is 44.8 Å². The van der Waals surface area contributed by atoms with Crippen molar-refractivity contribution in [2.75, 3.05) is 7.11 Å². The summed E-state index contributed by atoms with van der Waals surface area (Å²) in [7, 11) is 1.16. The molecule has 0 radical (unpaired) electrons. The van der Waals surface area contributed by atoms with Crippen LogP contribution in [-0.4, -0.2) is 31.4 Å². The number of esters is 1. The lowest BCUT2D eigenvalue weighted by Gasteiger charge is -2.68. The highest BCUT2D eigenvalue weighted by Crippen LogP contribution is 2.73. The van der Waals surface area contributed by atoms with Crippen molar-refractivity contribution in [3.63, 3.8) is 0 Å². The van der Waals surface area contributed by atoms with E-state index in [1.54, 1.807) is 0 Å². The van der Waals surface area contributed by atoms with Gasteiger partial charge in [0.25, 0.3) is 0 Å². The van der Waals surface area contributed by atoms with Crippen molar-refractivity contribution >= 4 is 18.6 Å². The minimum atomic E-state index is -0.322. The highest BCUT2D eigenvalue weighted by atomic mass is 16.7. The smallest absolute Gasteiger partial charge is 0.469 e. The quantitative estimate of drug-likeness (QED) is 0.632. The number of hydrogen-bond donors (Lipinski definition) is 0. The Balaban J connectivity index is 1.47. The van der Waals surface area contributed by atoms with Crippen molar-refractivity contribution in [2.24, 2.45) is 5.41 Å². The molecule has 0 aromatic heterocycles. The summed E-state index contributed by atoms with van der Waals surface area (Å²) in [6, 6.07) is 8.53. The third-order valence-electron chi connectivity index (χ3n) is 6.70. The largest absolute Gasteiger partial charge is 0.494 e. The first-order valence-corrected chi connectivity index (χ1v) is 8.68. The molecule has 1 aromatic carbocycles. The van der Waals surface area contributed by atoms with Crippen LogP contribution in [0.4, 0.5) is 0 Å². The maximum absolute atomic E-state index is 11.8. The molecular formula is C19H25BO4. The molecule has 1 aliphatic heterocycles. The summed E-state index contributed by atoms with van der Waals surface area (Å²) in [6.45, 7) is 8.26. The number of hydrogen-bond acceptors (Lipinski definition) is 4. The van der Waals surface area contributed by atoms with Gasteiger partial charge in [0.2, 0.25) is 0 Å². The van der Waals surface area contributed by atoms with Gasteiger partial charge in [0.1, 0.15) is 0 Å². The summed E-state index contributed by atoms with van der Waals surface area (Å²) in [5.41, 5.74) is 1.70. The fourth-order valence-electron chi connectivity index (χ4n) is 4.50. The second-order valence-corrected chi connectivity index (χ2v) is 8.79. The normalized spacial score (nSPS) is 35.1. The molecule has 0 amide bonds. The number of rotatable bonds is 3. The predicted molar refractivity (Wildman–Crippen MR) is 92.1 cm³/mol. The Morgan fingerprint density at radius 3 is 1.96 bits per heavy atom. The van der Waals surface area contributed by atoms with E-state index < -0.39 is 0 Å². The molecule has 3 saturated carbocycles. The lowest BCUT2D eigenvalue weighted by Crippen LogP contribution is -2.68. The summed E-state index contributed by atoms with van der Waals surface area (Å²) in [4.78, 5) is 11.8. The van der Waals surface area contributed by atoms with Crippen molar-refractivity contribution in [2.45, 2.75) is 63.6 Å². The van der Waals surface area contributed by atoms with E-state index in [2.05, 4.69) is 52.0 Å². The molecule has 4 nitrogen and oxygen atoms in total. The van der Waals surface area contributed by atoms with E-state index in [-0.39, 0.29) is 35.1 Å². The molecule has 0 N–H and O–H groups in total. The Kier molecular flexibility index (Phi) is 3.13. The Bertz CT molecular complexity index is 656. The molecule has 1 aromatic rings. The van der Waals surface area contributed by atoms with Gasteiger partial charge in [0, 0.05) is 0 Å². The summed E-state index contributed by atoms with van der Waals surface area (Å²) < 4.78 is 17.1. The first-order chi connectivity index (χ1) is 11.1. The third-order valence-corrected chi connectivity index (χ3v) is 6.70. The molecule has 4 fully saturated rings. The van der Waals surface area contributed by atoms with Gasteiger partial charge in [-0.15, -0.1) is 0 Å². The fourth-order valence-corrected chi connectivity index (χ4v) is 4.50. The number of methoxy groups -OCH3 is 1. The van der Waals surface area contributed by atoms with Crippen LogP contribution in [0.15, 0.2) is 24.3 Å². The number of carbonyl (C=O) groups excluding carboxylic acids is 1. The number of ether oxygens (including phenoxy) is 1. The molecule has 4 aliphatic rings. The molecule has 128 valence electrons. The van der Waals surface area contributed by atoms with Gasteiger partial charge in [-0.05, 0) is 63.4 Å². The summed E-state index contributed by atoms with van der Waals surface area (Å²) in [5, 5.41) is 0. The molecular weight excluding hydrogens is 303 g/mol. The number of benzene rings is 1. The van der Waals surface area contributed by atoms with Crippen molar-refractivity contribution in [1.82, 2.24) is 0 Å². The lowest BCUT2D eigenvalue weighted by molar-refractivity contribution is -0.198. The van der Waals surface area contributed by atoms with Gasteiger partial charge in [-0.25, -0.2) is 0 Å². The van der Waals surface area contributed by atoms with Crippen LogP contribution in [-0.2, 0) is 24.3 Å². The van der Waals surface area contributed by atoms with E-state index in [1.165, 1.54) is 12.7 Å². The standard InChI is InChI=1S/C19H25BO4/c1-16(2)17(3,4)24-20(23-16)14-8-6-13(7-9-14)18-10-19(11-18,12-18)15(21)22-5/h6-9H,10-12H2,1-5H3. The van der Waals surface area contributed by atoms with Crippen LogP contribution in [0, 0.1) is 5.41 Å². The molecule has 0 atom stereocenters. The first kappa shape index (κ1) is 16.2. The van der Waals surface area contributed by atoms with Gasteiger partial charge in [0.15, 0.2) is 0 Å². The molecule has 1 heterocycles. The molecule has 5 heteroatoms. The summed E-state index contributed by atoms with van der Waals surface area (Å²) >= 11 is 0. The minimum Gasteiger partial charge on any atom is -0.469 e. The second-order valence-electron chi connectivity index (χ2n) is 8.79.